The molecule has 1 saturated carbocycles. The number of guanidine groups is 1. The van der Waals surface area contributed by atoms with Crippen LogP contribution in [-0.2, 0) is 0 Å². The number of rotatable bonds is 8. The second-order valence-corrected chi connectivity index (χ2v) is 6.30. The third-order valence-electron chi connectivity index (χ3n) is 3.66. The molecule has 1 aliphatic rings. The second-order valence-electron chi connectivity index (χ2n) is 6.30. The SMILES string of the molecule is CCNC(=NCC(O)c1ccc(OC(C)C)cc1)NCC1CC1.I. The maximum Gasteiger partial charge on any atom is 0.191 e. The van der Waals surface area contributed by atoms with Crippen molar-refractivity contribution in [2.45, 2.75) is 45.8 Å². The number of benzene rings is 1. The van der Waals surface area contributed by atoms with Crippen molar-refractivity contribution >= 4 is 29.9 Å². The molecular weight excluding hydrogens is 417 g/mol. The predicted molar refractivity (Wildman–Crippen MR) is 109 cm³/mol. The minimum atomic E-state index is -0.612. The zero-order valence-corrected chi connectivity index (χ0v) is 17.1. The number of aliphatic hydroxyl groups is 1. The summed E-state index contributed by atoms with van der Waals surface area (Å²) in [4.78, 5) is 4.47. The molecule has 1 unspecified atom stereocenters. The molecular formula is C18H30IN3O2. The zero-order chi connectivity index (χ0) is 16.7. The molecule has 1 fully saturated rings. The highest BCUT2D eigenvalue weighted by Crippen LogP contribution is 2.27. The molecule has 1 atom stereocenters. The monoisotopic (exact) mass is 447 g/mol. The number of nitrogens with zero attached hydrogens (tertiary/aromatic N) is 1. The Kier molecular flexibility index (Phi) is 9.43. The van der Waals surface area contributed by atoms with Crippen molar-refractivity contribution in [1.29, 1.82) is 0 Å². The van der Waals surface area contributed by atoms with Gasteiger partial charge in [0.1, 0.15) is 5.75 Å². The Morgan fingerprint density at radius 1 is 1.25 bits per heavy atom. The number of hydrogen-bond acceptors (Lipinski definition) is 3. The molecule has 0 radical (unpaired) electrons. The Morgan fingerprint density at radius 2 is 1.92 bits per heavy atom. The fraction of sp³-hybridized carbons (Fsp3) is 0.611. The van der Waals surface area contributed by atoms with Crippen LogP contribution < -0.4 is 15.4 Å². The van der Waals surface area contributed by atoms with Gasteiger partial charge in [-0.2, -0.15) is 0 Å². The third kappa shape index (κ3) is 7.70. The van der Waals surface area contributed by atoms with E-state index in [1.54, 1.807) is 0 Å². The summed E-state index contributed by atoms with van der Waals surface area (Å²) in [7, 11) is 0. The molecule has 1 aromatic rings. The molecule has 2 rings (SSSR count). The summed E-state index contributed by atoms with van der Waals surface area (Å²) in [5.41, 5.74) is 0.850. The number of aliphatic hydroxyl groups excluding tert-OH is 1. The first-order valence-corrected chi connectivity index (χ1v) is 8.55. The predicted octanol–water partition coefficient (Wildman–Crippen LogP) is 3.09. The van der Waals surface area contributed by atoms with Crippen LogP contribution in [0, 0.1) is 5.92 Å². The standard InChI is InChI=1S/C18H29N3O2.HI/c1-4-19-18(20-11-14-5-6-14)21-12-17(22)15-7-9-16(10-8-15)23-13(2)3;/h7-10,13-14,17,22H,4-6,11-12H2,1-3H3,(H2,19,20,21);1H. The van der Waals surface area contributed by atoms with Crippen LogP contribution in [0.1, 0.15) is 45.3 Å². The Hall–Kier alpha value is -1.02. The first-order valence-electron chi connectivity index (χ1n) is 8.55. The van der Waals surface area contributed by atoms with Crippen molar-refractivity contribution in [3.63, 3.8) is 0 Å². The van der Waals surface area contributed by atoms with Gasteiger partial charge in [0.2, 0.25) is 0 Å². The maximum absolute atomic E-state index is 10.3. The van der Waals surface area contributed by atoms with Gasteiger partial charge in [-0.3, -0.25) is 4.99 Å². The van der Waals surface area contributed by atoms with E-state index in [4.69, 9.17) is 4.74 Å². The molecule has 0 aromatic heterocycles. The van der Waals surface area contributed by atoms with Crippen molar-refractivity contribution in [2.75, 3.05) is 19.6 Å². The largest absolute Gasteiger partial charge is 0.491 e. The van der Waals surface area contributed by atoms with Crippen LogP contribution in [0.25, 0.3) is 0 Å². The van der Waals surface area contributed by atoms with Gasteiger partial charge in [0.05, 0.1) is 18.8 Å². The van der Waals surface area contributed by atoms with Crippen LogP contribution in [0.4, 0.5) is 0 Å². The lowest BCUT2D eigenvalue weighted by Crippen LogP contribution is -2.38. The molecule has 5 nitrogen and oxygen atoms in total. The second kappa shape index (κ2) is 10.8. The van der Waals surface area contributed by atoms with Gasteiger partial charge in [-0.05, 0) is 57.2 Å². The quantitative estimate of drug-likeness (QED) is 0.326. The fourth-order valence-corrected chi connectivity index (χ4v) is 2.23. The first-order chi connectivity index (χ1) is 11.1. The summed E-state index contributed by atoms with van der Waals surface area (Å²) in [6.07, 6.45) is 2.15. The molecule has 24 heavy (non-hydrogen) atoms. The van der Waals surface area contributed by atoms with Crippen LogP contribution in [0.3, 0.4) is 0 Å². The van der Waals surface area contributed by atoms with E-state index >= 15 is 0 Å². The van der Waals surface area contributed by atoms with Crippen molar-refractivity contribution < 1.29 is 9.84 Å². The van der Waals surface area contributed by atoms with Gasteiger partial charge in [-0.25, -0.2) is 0 Å². The highest BCUT2D eigenvalue weighted by Gasteiger charge is 2.21. The summed E-state index contributed by atoms with van der Waals surface area (Å²) in [6.45, 7) is 8.14. The topological polar surface area (TPSA) is 65.9 Å². The van der Waals surface area contributed by atoms with Crippen LogP contribution in [0.2, 0.25) is 0 Å². The van der Waals surface area contributed by atoms with E-state index in [-0.39, 0.29) is 30.1 Å². The van der Waals surface area contributed by atoms with E-state index in [0.29, 0.717) is 6.54 Å². The van der Waals surface area contributed by atoms with Crippen molar-refractivity contribution in [3.8, 4) is 5.75 Å². The molecule has 0 amide bonds. The highest BCUT2D eigenvalue weighted by molar-refractivity contribution is 14.0. The molecule has 3 N–H and O–H groups in total. The number of nitrogens with one attached hydrogen (secondary N) is 2. The lowest BCUT2D eigenvalue weighted by Gasteiger charge is -2.14. The van der Waals surface area contributed by atoms with E-state index in [9.17, 15) is 5.11 Å². The van der Waals surface area contributed by atoms with Gasteiger partial charge in [0, 0.05) is 13.1 Å². The molecule has 1 aliphatic carbocycles. The first kappa shape index (κ1) is 21.0. The van der Waals surface area contributed by atoms with Crippen LogP contribution >= 0.6 is 24.0 Å². The maximum atomic E-state index is 10.3. The molecule has 6 heteroatoms. The normalized spacial score (nSPS) is 15.6. The van der Waals surface area contributed by atoms with E-state index in [0.717, 1.165) is 36.3 Å². The van der Waals surface area contributed by atoms with Gasteiger partial charge < -0.3 is 20.5 Å². The van der Waals surface area contributed by atoms with Gasteiger partial charge in [-0.15, -0.1) is 24.0 Å². The van der Waals surface area contributed by atoms with Gasteiger partial charge in [0.15, 0.2) is 5.96 Å². The fourth-order valence-electron chi connectivity index (χ4n) is 2.23. The number of hydrogen-bond donors (Lipinski definition) is 3. The summed E-state index contributed by atoms with van der Waals surface area (Å²) in [6, 6.07) is 7.56. The Morgan fingerprint density at radius 3 is 2.46 bits per heavy atom. The smallest absolute Gasteiger partial charge is 0.191 e. The Balaban J connectivity index is 0.00000288. The van der Waals surface area contributed by atoms with Gasteiger partial charge in [0.25, 0.3) is 0 Å². The zero-order valence-electron chi connectivity index (χ0n) is 14.8. The van der Waals surface area contributed by atoms with E-state index in [1.165, 1.54) is 12.8 Å². The summed E-state index contributed by atoms with van der Waals surface area (Å²) in [5.74, 6) is 2.38. The minimum Gasteiger partial charge on any atom is -0.491 e. The van der Waals surface area contributed by atoms with Crippen LogP contribution in [0.15, 0.2) is 29.3 Å². The van der Waals surface area contributed by atoms with Crippen molar-refractivity contribution in [2.24, 2.45) is 10.9 Å². The molecule has 0 bridgehead atoms. The average molecular weight is 447 g/mol. The Bertz CT molecular complexity index is 501. The van der Waals surface area contributed by atoms with Crippen LogP contribution in [0.5, 0.6) is 5.75 Å². The highest BCUT2D eigenvalue weighted by atomic mass is 127. The minimum absolute atomic E-state index is 0. The van der Waals surface area contributed by atoms with Crippen LogP contribution in [-0.4, -0.2) is 36.8 Å². The van der Waals surface area contributed by atoms with E-state index < -0.39 is 6.10 Å². The van der Waals surface area contributed by atoms with E-state index in [2.05, 4.69) is 15.6 Å². The number of aliphatic imine (C=N–C) groups is 1. The number of halogens is 1. The molecule has 1 aromatic carbocycles. The summed E-state index contributed by atoms with van der Waals surface area (Å²) < 4.78 is 5.61. The van der Waals surface area contributed by atoms with Crippen molar-refractivity contribution in [1.82, 2.24) is 10.6 Å². The molecule has 0 spiro atoms. The van der Waals surface area contributed by atoms with Gasteiger partial charge in [-0.1, -0.05) is 12.1 Å². The number of ether oxygens (including phenoxy) is 1. The lowest BCUT2D eigenvalue weighted by atomic mass is 10.1. The molecule has 0 aliphatic heterocycles. The lowest BCUT2D eigenvalue weighted by molar-refractivity contribution is 0.186. The molecule has 136 valence electrons. The molecule has 0 saturated heterocycles. The van der Waals surface area contributed by atoms with Crippen molar-refractivity contribution in [3.05, 3.63) is 29.8 Å². The summed E-state index contributed by atoms with van der Waals surface area (Å²) in [5, 5.41) is 16.8. The molecule has 0 heterocycles. The third-order valence-corrected chi connectivity index (χ3v) is 3.66. The Labute approximate surface area is 162 Å². The summed E-state index contributed by atoms with van der Waals surface area (Å²) >= 11 is 0. The van der Waals surface area contributed by atoms with Gasteiger partial charge >= 0.3 is 0 Å². The average Bonchev–Trinajstić information content (AvgIpc) is 3.34. The van der Waals surface area contributed by atoms with E-state index in [1.807, 2.05) is 45.0 Å².